The lowest BCUT2D eigenvalue weighted by Crippen LogP contribution is -2.20. The van der Waals surface area contributed by atoms with E-state index < -0.39 is 0 Å². The van der Waals surface area contributed by atoms with Crippen LogP contribution >= 0.6 is 0 Å². The third-order valence-corrected chi connectivity index (χ3v) is 4.92. The maximum atomic E-state index is 9.94. The maximum Gasteiger partial charge on any atom is 0.116 e. The smallest absolute Gasteiger partial charge is 0.116 e. The summed E-state index contributed by atoms with van der Waals surface area (Å²) in [6.07, 6.45) is 2.42. The average molecular weight is 333 g/mol. The Bertz CT molecular complexity index is 869. The number of fused-ring (bicyclic) bond motifs is 1. The minimum atomic E-state index is 0.314. The van der Waals surface area contributed by atoms with Gasteiger partial charge in [0.15, 0.2) is 0 Å². The lowest BCUT2D eigenvalue weighted by Gasteiger charge is -2.22. The van der Waals surface area contributed by atoms with Crippen molar-refractivity contribution in [3.05, 3.63) is 65.7 Å². The molecular formula is C23H27NO. The molecule has 0 atom stereocenters. The lowest BCUT2D eigenvalue weighted by atomic mass is 9.90. The van der Waals surface area contributed by atoms with Gasteiger partial charge in [-0.3, -0.25) is 0 Å². The Morgan fingerprint density at radius 3 is 2.56 bits per heavy atom. The molecule has 25 heavy (non-hydrogen) atoms. The number of hydrogen-bond donors (Lipinski definition) is 1. The summed E-state index contributed by atoms with van der Waals surface area (Å²) in [7, 11) is 2.19. The summed E-state index contributed by atoms with van der Waals surface area (Å²) < 4.78 is 0. The molecule has 2 nitrogen and oxygen atoms in total. The second-order valence-corrected chi connectivity index (χ2v) is 6.89. The standard InChI is InChI=1S/C23H27NO/c1-4-5-13-24(3)16-23-17(2)21-12-7-6-9-19(21)15-22(23)18-10-8-11-20(25)14-18/h6-12,14-15,25H,4-5,13,16H2,1-3H3. The molecule has 0 unspecified atom stereocenters. The van der Waals surface area contributed by atoms with Gasteiger partial charge in [-0.2, -0.15) is 0 Å². The van der Waals surface area contributed by atoms with Crippen LogP contribution in [0.15, 0.2) is 54.6 Å². The van der Waals surface area contributed by atoms with E-state index in [0.717, 1.165) is 18.7 Å². The number of unbranched alkanes of at least 4 members (excludes halogenated alkanes) is 1. The molecule has 3 aromatic carbocycles. The Balaban J connectivity index is 2.14. The number of hydrogen-bond acceptors (Lipinski definition) is 2. The third-order valence-electron chi connectivity index (χ3n) is 4.92. The van der Waals surface area contributed by atoms with E-state index >= 15 is 0 Å². The topological polar surface area (TPSA) is 23.5 Å². The molecule has 0 amide bonds. The maximum absolute atomic E-state index is 9.94. The van der Waals surface area contributed by atoms with Gasteiger partial charge in [0.05, 0.1) is 0 Å². The van der Waals surface area contributed by atoms with Crippen molar-refractivity contribution >= 4 is 10.8 Å². The zero-order chi connectivity index (χ0) is 17.8. The number of rotatable bonds is 6. The number of phenols is 1. The Kier molecular flexibility index (Phi) is 5.40. The minimum absolute atomic E-state index is 0.314. The van der Waals surface area contributed by atoms with Crippen molar-refractivity contribution in [3.63, 3.8) is 0 Å². The van der Waals surface area contributed by atoms with E-state index in [-0.39, 0.29) is 0 Å². The normalized spacial score (nSPS) is 11.4. The van der Waals surface area contributed by atoms with Gasteiger partial charge < -0.3 is 10.0 Å². The summed E-state index contributed by atoms with van der Waals surface area (Å²) in [4.78, 5) is 2.40. The van der Waals surface area contributed by atoms with Crippen molar-refractivity contribution in [2.24, 2.45) is 0 Å². The van der Waals surface area contributed by atoms with Gasteiger partial charge in [-0.05, 0) is 78.2 Å². The van der Waals surface area contributed by atoms with Crippen LogP contribution < -0.4 is 0 Å². The van der Waals surface area contributed by atoms with Gasteiger partial charge in [-0.25, -0.2) is 0 Å². The largest absolute Gasteiger partial charge is 0.508 e. The van der Waals surface area contributed by atoms with E-state index in [0.29, 0.717) is 5.75 Å². The number of nitrogens with zero attached hydrogens (tertiary/aromatic N) is 1. The third kappa shape index (κ3) is 3.85. The highest BCUT2D eigenvalue weighted by molar-refractivity contribution is 5.92. The zero-order valence-corrected chi connectivity index (χ0v) is 15.4. The fourth-order valence-corrected chi connectivity index (χ4v) is 3.48. The van der Waals surface area contributed by atoms with Crippen LogP contribution in [-0.4, -0.2) is 23.6 Å². The predicted octanol–water partition coefficient (Wildman–Crippen LogP) is 5.75. The van der Waals surface area contributed by atoms with Crippen LogP contribution in [0.2, 0.25) is 0 Å². The minimum Gasteiger partial charge on any atom is -0.508 e. The summed E-state index contributed by atoms with van der Waals surface area (Å²) in [5.74, 6) is 0.314. The molecule has 0 spiro atoms. The molecule has 0 saturated heterocycles. The lowest BCUT2D eigenvalue weighted by molar-refractivity contribution is 0.321. The summed E-state index contributed by atoms with van der Waals surface area (Å²) in [6.45, 7) is 6.47. The summed E-state index contributed by atoms with van der Waals surface area (Å²) in [6, 6.07) is 18.4. The monoisotopic (exact) mass is 333 g/mol. The molecule has 1 N–H and O–H groups in total. The van der Waals surface area contributed by atoms with E-state index in [1.54, 1.807) is 6.07 Å². The first-order valence-electron chi connectivity index (χ1n) is 9.09. The number of aryl methyl sites for hydroxylation is 1. The number of aromatic hydroxyl groups is 1. The summed E-state index contributed by atoms with van der Waals surface area (Å²) in [5.41, 5.74) is 4.98. The van der Waals surface area contributed by atoms with Crippen LogP contribution in [0, 0.1) is 6.92 Å². The van der Waals surface area contributed by atoms with Gasteiger partial charge in [0.25, 0.3) is 0 Å². The molecule has 0 radical (unpaired) electrons. The molecule has 2 heteroatoms. The van der Waals surface area contributed by atoms with Crippen LogP contribution in [0.5, 0.6) is 5.75 Å². The van der Waals surface area contributed by atoms with Crippen molar-refractivity contribution in [1.82, 2.24) is 4.90 Å². The molecule has 0 aliphatic carbocycles. The van der Waals surface area contributed by atoms with Crippen LogP contribution in [0.1, 0.15) is 30.9 Å². The van der Waals surface area contributed by atoms with Gasteiger partial charge in [-0.15, -0.1) is 0 Å². The first-order chi connectivity index (χ1) is 12.1. The van der Waals surface area contributed by atoms with Crippen LogP contribution in [-0.2, 0) is 6.54 Å². The Morgan fingerprint density at radius 1 is 1.00 bits per heavy atom. The summed E-state index contributed by atoms with van der Waals surface area (Å²) >= 11 is 0. The fourth-order valence-electron chi connectivity index (χ4n) is 3.48. The zero-order valence-electron chi connectivity index (χ0n) is 15.4. The summed E-state index contributed by atoms with van der Waals surface area (Å²) in [5, 5.41) is 12.5. The molecule has 3 aromatic rings. The Morgan fingerprint density at radius 2 is 1.80 bits per heavy atom. The molecule has 0 aliphatic rings. The highest BCUT2D eigenvalue weighted by atomic mass is 16.3. The van der Waals surface area contributed by atoms with Gasteiger partial charge >= 0.3 is 0 Å². The number of benzene rings is 3. The van der Waals surface area contributed by atoms with E-state index in [4.69, 9.17) is 0 Å². The van der Waals surface area contributed by atoms with Crippen LogP contribution in [0.4, 0.5) is 0 Å². The number of phenolic OH excluding ortho intramolecular Hbond substituents is 1. The molecule has 0 aliphatic heterocycles. The van der Waals surface area contributed by atoms with Crippen LogP contribution in [0.3, 0.4) is 0 Å². The molecule has 130 valence electrons. The molecule has 0 bridgehead atoms. The SMILES string of the molecule is CCCCN(C)Cc1c(-c2cccc(O)c2)cc2ccccc2c1C. The molecule has 0 fully saturated rings. The van der Waals surface area contributed by atoms with Crippen molar-refractivity contribution < 1.29 is 5.11 Å². The molecule has 3 rings (SSSR count). The van der Waals surface area contributed by atoms with Gasteiger partial charge in [0.1, 0.15) is 5.75 Å². The highest BCUT2D eigenvalue weighted by Crippen LogP contribution is 2.34. The van der Waals surface area contributed by atoms with Gasteiger partial charge in [-0.1, -0.05) is 49.7 Å². The van der Waals surface area contributed by atoms with Crippen molar-refractivity contribution in [1.29, 1.82) is 0 Å². The van der Waals surface area contributed by atoms with Crippen LogP contribution in [0.25, 0.3) is 21.9 Å². The van der Waals surface area contributed by atoms with Gasteiger partial charge in [0.2, 0.25) is 0 Å². The molecular weight excluding hydrogens is 306 g/mol. The van der Waals surface area contributed by atoms with E-state index in [1.165, 1.54) is 40.3 Å². The Labute approximate surface area is 150 Å². The second-order valence-electron chi connectivity index (χ2n) is 6.89. The first kappa shape index (κ1) is 17.5. The Hall–Kier alpha value is -2.32. The van der Waals surface area contributed by atoms with Crippen molar-refractivity contribution in [2.75, 3.05) is 13.6 Å². The predicted molar refractivity (Wildman–Crippen MR) is 107 cm³/mol. The fraction of sp³-hybridized carbons (Fsp3) is 0.304. The van der Waals surface area contributed by atoms with Gasteiger partial charge in [0, 0.05) is 6.54 Å². The average Bonchev–Trinajstić information content (AvgIpc) is 2.62. The highest BCUT2D eigenvalue weighted by Gasteiger charge is 2.14. The van der Waals surface area contributed by atoms with E-state index in [9.17, 15) is 5.11 Å². The quantitative estimate of drug-likeness (QED) is 0.620. The van der Waals surface area contributed by atoms with E-state index in [2.05, 4.69) is 62.2 Å². The van der Waals surface area contributed by atoms with E-state index in [1.807, 2.05) is 12.1 Å². The molecule has 0 aromatic heterocycles. The first-order valence-corrected chi connectivity index (χ1v) is 9.09. The van der Waals surface area contributed by atoms with Crippen molar-refractivity contribution in [3.8, 4) is 16.9 Å². The van der Waals surface area contributed by atoms with Crippen molar-refractivity contribution in [2.45, 2.75) is 33.2 Å². The molecule has 0 heterocycles. The molecule has 0 saturated carbocycles. The second kappa shape index (κ2) is 7.71.